The quantitative estimate of drug-likeness (QED) is 0.543. The van der Waals surface area contributed by atoms with Gasteiger partial charge in [0.2, 0.25) is 5.16 Å². The molecule has 5 nitrogen and oxygen atoms in total. The predicted octanol–water partition coefficient (Wildman–Crippen LogP) is 5.12. The Morgan fingerprint density at radius 2 is 1.89 bits per heavy atom. The zero-order valence-corrected chi connectivity index (χ0v) is 16.8. The normalized spacial score (nSPS) is 15.6. The van der Waals surface area contributed by atoms with E-state index in [1.807, 2.05) is 47.9 Å². The van der Waals surface area contributed by atoms with E-state index in [0.29, 0.717) is 21.0 Å². The van der Waals surface area contributed by atoms with Gasteiger partial charge in [0.25, 0.3) is 0 Å². The third-order valence-electron chi connectivity index (χ3n) is 4.17. The Kier molecular flexibility index (Phi) is 4.80. The topological polar surface area (TPSA) is 60.1 Å². The van der Waals surface area contributed by atoms with Crippen LogP contribution < -0.4 is 0 Å². The number of rotatable bonds is 2. The minimum atomic E-state index is -0.281. The lowest BCUT2D eigenvalue weighted by atomic mass is 10.0. The van der Waals surface area contributed by atoms with Crippen molar-refractivity contribution in [3.63, 3.8) is 0 Å². The van der Waals surface area contributed by atoms with Gasteiger partial charge in [0.15, 0.2) is 10.9 Å². The summed E-state index contributed by atoms with van der Waals surface area (Å²) in [6.45, 7) is 3.44. The summed E-state index contributed by atoms with van der Waals surface area (Å²) in [5.74, 6) is 0.657. The van der Waals surface area contributed by atoms with Crippen LogP contribution in [-0.4, -0.2) is 25.6 Å². The molecule has 1 unspecified atom stereocenters. The van der Waals surface area contributed by atoms with Crippen molar-refractivity contribution in [3.05, 3.63) is 69.5 Å². The van der Waals surface area contributed by atoms with Gasteiger partial charge in [-0.2, -0.15) is 0 Å². The van der Waals surface area contributed by atoms with E-state index in [9.17, 15) is 4.79 Å². The Balaban J connectivity index is 2.02. The Morgan fingerprint density at radius 3 is 2.63 bits per heavy atom. The molecule has 0 saturated carbocycles. The van der Waals surface area contributed by atoms with E-state index in [4.69, 9.17) is 28.2 Å². The van der Waals surface area contributed by atoms with E-state index in [1.165, 1.54) is 6.92 Å². The molecule has 0 spiro atoms. The number of thioether (sulfide) groups is 1. The monoisotopic (exact) mass is 416 g/mol. The van der Waals surface area contributed by atoms with Crippen LogP contribution in [0.15, 0.2) is 52.6 Å². The first-order chi connectivity index (χ1) is 13.0. The molecule has 1 aromatic heterocycles. The maximum absolute atomic E-state index is 11.7. The van der Waals surface area contributed by atoms with Crippen LogP contribution in [-0.2, 0) is 4.79 Å². The van der Waals surface area contributed by atoms with Gasteiger partial charge in [-0.3, -0.25) is 14.4 Å². The van der Waals surface area contributed by atoms with Crippen molar-refractivity contribution in [2.75, 3.05) is 0 Å². The van der Waals surface area contributed by atoms with Gasteiger partial charge in [-0.05, 0) is 43.0 Å². The zero-order valence-electron chi connectivity index (χ0n) is 14.5. The second-order valence-corrected chi connectivity index (χ2v) is 8.05. The third kappa shape index (κ3) is 3.29. The number of aliphatic imine (C=N–C) groups is 1. The van der Waals surface area contributed by atoms with Gasteiger partial charge in [-0.15, -0.1) is 10.2 Å². The van der Waals surface area contributed by atoms with Gasteiger partial charge in [0.1, 0.15) is 6.04 Å². The molecule has 136 valence electrons. The number of aromatic nitrogens is 3. The molecule has 0 N–H and O–H groups in total. The van der Waals surface area contributed by atoms with Gasteiger partial charge in [0.05, 0.1) is 11.4 Å². The maximum atomic E-state index is 11.7. The molecule has 0 fully saturated rings. The van der Waals surface area contributed by atoms with E-state index in [2.05, 4.69) is 10.2 Å². The van der Waals surface area contributed by atoms with E-state index < -0.39 is 0 Å². The van der Waals surface area contributed by atoms with Crippen molar-refractivity contribution >= 4 is 45.8 Å². The molecule has 3 aromatic rings. The van der Waals surface area contributed by atoms with Crippen LogP contribution in [0.1, 0.15) is 36.8 Å². The number of benzene rings is 2. The fraction of sp³-hybridized carbons (Fsp3) is 0.158. The van der Waals surface area contributed by atoms with Crippen LogP contribution in [0.2, 0.25) is 10.0 Å². The Bertz CT molecular complexity index is 1090. The highest BCUT2D eigenvalue weighted by molar-refractivity contribution is 8.13. The second kappa shape index (κ2) is 7.11. The van der Waals surface area contributed by atoms with Crippen LogP contribution in [0.25, 0.3) is 5.69 Å². The molecular weight excluding hydrogens is 403 g/mol. The van der Waals surface area contributed by atoms with E-state index in [-0.39, 0.29) is 11.2 Å². The van der Waals surface area contributed by atoms with Gasteiger partial charge in [-0.25, -0.2) is 0 Å². The van der Waals surface area contributed by atoms with Gasteiger partial charge < -0.3 is 0 Å². The number of carbonyl (C=O) groups excluding carboxylic acids is 1. The van der Waals surface area contributed by atoms with E-state index >= 15 is 0 Å². The standard InChI is InChI=1S/C19H14Cl2N4OS/c1-10-18-23-24-19(27-11(2)26)25(18)16-8-7-12(20)9-14(16)17(22-10)13-5-3-4-6-15(13)21/h3-10H,1-2H3. The highest BCUT2D eigenvalue weighted by Crippen LogP contribution is 2.35. The molecule has 1 atom stereocenters. The molecule has 1 aliphatic heterocycles. The lowest BCUT2D eigenvalue weighted by Crippen LogP contribution is -2.09. The summed E-state index contributed by atoms with van der Waals surface area (Å²) in [5.41, 5.74) is 3.17. The molecule has 1 aliphatic rings. The van der Waals surface area contributed by atoms with Crippen LogP contribution >= 0.6 is 35.0 Å². The summed E-state index contributed by atoms with van der Waals surface area (Å²) in [5, 5.41) is 10.1. The third-order valence-corrected chi connectivity index (χ3v) is 5.47. The van der Waals surface area contributed by atoms with Gasteiger partial charge >= 0.3 is 0 Å². The first kappa shape index (κ1) is 18.2. The summed E-state index contributed by atoms with van der Waals surface area (Å²) in [4.78, 5) is 16.6. The van der Waals surface area contributed by atoms with Crippen LogP contribution in [0.3, 0.4) is 0 Å². The largest absolute Gasteiger partial charge is 0.287 e. The van der Waals surface area contributed by atoms with Crippen LogP contribution in [0.5, 0.6) is 0 Å². The van der Waals surface area contributed by atoms with Gasteiger partial charge in [-0.1, -0.05) is 41.4 Å². The Hall–Kier alpha value is -2.15. The fourth-order valence-electron chi connectivity index (χ4n) is 3.05. The maximum Gasteiger partial charge on any atom is 0.203 e. The van der Waals surface area contributed by atoms with Gasteiger partial charge in [0, 0.05) is 28.1 Å². The second-order valence-electron chi connectivity index (χ2n) is 6.06. The van der Waals surface area contributed by atoms with Crippen molar-refractivity contribution in [2.24, 2.45) is 4.99 Å². The smallest absolute Gasteiger partial charge is 0.203 e. The molecule has 0 bridgehead atoms. The predicted molar refractivity (Wildman–Crippen MR) is 108 cm³/mol. The highest BCUT2D eigenvalue weighted by Gasteiger charge is 2.28. The number of hydrogen-bond acceptors (Lipinski definition) is 5. The van der Waals surface area contributed by atoms with E-state index in [1.54, 1.807) is 6.07 Å². The summed E-state index contributed by atoms with van der Waals surface area (Å²) in [7, 11) is 0. The SMILES string of the molecule is CC(=O)Sc1nnc2n1-c1ccc(Cl)cc1C(c1ccccc1Cl)=NC2C. The number of halogens is 2. The minimum absolute atomic E-state index is 0.0649. The summed E-state index contributed by atoms with van der Waals surface area (Å²) in [6, 6.07) is 12.8. The number of carbonyl (C=O) groups is 1. The van der Waals surface area contributed by atoms with Crippen molar-refractivity contribution < 1.29 is 4.79 Å². The molecule has 0 aliphatic carbocycles. The Labute approximate surface area is 170 Å². The van der Waals surface area contributed by atoms with Crippen LogP contribution in [0.4, 0.5) is 0 Å². The zero-order chi connectivity index (χ0) is 19.1. The van der Waals surface area contributed by atoms with Crippen molar-refractivity contribution in [1.82, 2.24) is 14.8 Å². The lowest BCUT2D eigenvalue weighted by Gasteiger charge is -2.14. The molecule has 27 heavy (non-hydrogen) atoms. The first-order valence-electron chi connectivity index (χ1n) is 8.22. The van der Waals surface area contributed by atoms with Crippen molar-refractivity contribution in [2.45, 2.75) is 25.0 Å². The molecule has 0 saturated heterocycles. The number of nitrogens with zero attached hydrogens (tertiary/aromatic N) is 4. The number of fused-ring (bicyclic) bond motifs is 3. The summed E-state index contributed by atoms with van der Waals surface area (Å²) < 4.78 is 1.87. The molecule has 0 amide bonds. The molecule has 8 heteroatoms. The molecule has 4 rings (SSSR count). The highest BCUT2D eigenvalue weighted by atomic mass is 35.5. The number of hydrogen-bond donors (Lipinski definition) is 0. The minimum Gasteiger partial charge on any atom is -0.287 e. The Morgan fingerprint density at radius 1 is 1.11 bits per heavy atom. The average molecular weight is 417 g/mol. The van der Waals surface area contributed by atoms with Crippen molar-refractivity contribution in [3.8, 4) is 5.69 Å². The summed E-state index contributed by atoms with van der Waals surface area (Å²) >= 11 is 13.8. The summed E-state index contributed by atoms with van der Waals surface area (Å²) in [6.07, 6.45) is 0. The molecular formula is C19H14Cl2N4OS. The first-order valence-corrected chi connectivity index (χ1v) is 9.79. The van der Waals surface area contributed by atoms with E-state index in [0.717, 1.165) is 34.3 Å². The molecule has 2 aromatic carbocycles. The lowest BCUT2D eigenvalue weighted by molar-refractivity contribution is -0.109. The average Bonchev–Trinajstić information content (AvgIpc) is 2.98. The molecule has 2 heterocycles. The fourth-order valence-corrected chi connectivity index (χ4v) is 4.07. The van der Waals surface area contributed by atoms with Crippen molar-refractivity contribution in [1.29, 1.82) is 0 Å². The molecule has 0 radical (unpaired) electrons. The van der Waals surface area contributed by atoms with Crippen LogP contribution in [0, 0.1) is 0 Å².